The number of hydrogen-bond acceptors (Lipinski definition) is 8. The number of anilines is 1. The summed E-state index contributed by atoms with van der Waals surface area (Å²) in [7, 11) is 0. The first-order chi connectivity index (χ1) is 22.1. The highest BCUT2D eigenvalue weighted by Crippen LogP contribution is 2.36. The average Bonchev–Trinajstić information content (AvgIpc) is 3.84. The Morgan fingerprint density at radius 1 is 0.933 bits per heavy atom. The first-order valence-corrected chi connectivity index (χ1v) is 15.3. The Bertz CT molecular complexity index is 2000. The fourth-order valence-electron chi connectivity index (χ4n) is 6.63. The van der Waals surface area contributed by atoms with Crippen molar-refractivity contribution in [1.29, 1.82) is 0 Å². The van der Waals surface area contributed by atoms with Gasteiger partial charge in [0.25, 0.3) is 5.91 Å². The summed E-state index contributed by atoms with van der Waals surface area (Å²) < 4.78 is 3.82. The molecule has 3 N–H and O–H groups in total. The van der Waals surface area contributed by atoms with Crippen molar-refractivity contribution in [2.24, 2.45) is 0 Å². The number of benzene rings is 1. The largest absolute Gasteiger partial charge is 0.383 e. The van der Waals surface area contributed by atoms with Crippen molar-refractivity contribution in [1.82, 2.24) is 44.5 Å². The number of amides is 1. The lowest BCUT2D eigenvalue weighted by Crippen LogP contribution is -2.45. The number of hydrogen-bond donors (Lipinski definition) is 2. The first-order valence-electron chi connectivity index (χ1n) is 15.3. The first kappa shape index (κ1) is 27.2. The molecule has 2 aliphatic rings. The molecular weight excluding hydrogens is 564 g/mol. The molecule has 224 valence electrons. The number of piperidine rings is 1. The summed E-state index contributed by atoms with van der Waals surface area (Å²) in [6, 6.07) is 20.5. The van der Waals surface area contributed by atoms with E-state index in [9.17, 15) is 4.79 Å². The van der Waals surface area contributed by atoms with Gasteiger partial charge in [-0.15, -0.1) is 0 Å². The van der Waals surface area contributed by atoms with Gasteiger partial charge < -0.3 is 16.0 Å². The number of fused-ring (bicyclic) bond motifs is 2. The zero-order valence-electron chi connectivity index (χ0n) is 24.6. The van der Waals surface area contributed by atoms with Gasteiger partial charge in [0.15, 0.2) is 17.3 Å². The van der Waals surface area contributed by atoms with Crippen molar-refractivity contribution < 1.29 is 4.79 Å². The van der Waals surface area contributed by atoms with E-state index in [4.69, 9.17) is 15.7 Å². The van der Waals surface area contributed by atoms with Gasteiger partial charge in [0.2, 0.25) is 0 Å². The molecule has 6 aromatic rings. The summed E-state index contributed by atoms with van der Waals surface area (Å²) in [6.07, 6.45) is 12.5. The van der Waals surface area contributed by atoms with Gasteiger partial charge in [-0.25, -0.2) is 19.6 Å². The Morgan fingerprint density at radius 3 is 2.62 bits per heavy atom. The molecule has 8 rings (SSSR count). The number of imidazole rings is 1. The minimum Gasteiger partial charge on any atom is -0.383 e. The molecule has 1 amide bonds. The van der Waals surface area contributed by atoms with Crippen LogP contribution in [0.15, 0.2) is 91.6 Å². The zero-order valence-corrected chi connectivity index (χ0v) is 24.6. The number of nitrogens with zero attached hydrogens (tertiary/aromatic N) is 8. The molecule has 0 saturated carbocycles. The van der Waals surface area contributed by atoms with E-state index in [1.165, 1.54) is 11.1 Å². The minimum atomic E-state index is 0.0611. The number of carbonyl (C=O) groups excluding carboxylic acids is 1. The maximum Gasteiger partial charge on any atom is 0.255 e. The van der Waals surface area contributed by atoms with E-state index in [1.807, 2.05) is 53.6 Å². The fourth-order valence-corrected chi connectivity index (χ4v) is 6.63. The van der Waals surface area contributed by atoms with Crippen LogP contribution in [0.1, 0.15) is 46.8 Å². The fraction of sp³-hybridized carbons (Fsp3) is 0.235. The van der Waals surface area contributed by atoms with Crippen LogP contribution in [0, 0.1) is 0 Å². The van der Waals surface area contributed by atoms with Gasteiger partial charge >= 0.3 is 0 Å². The van der Waals surface area contributed by atoms with Crippen LogP contribution < -0.4 is 11.1 Å². The van der Waals surface area contributed by atoms with Gasteiger partial charge in [0.1, 0.15) is 11.3 Å². The van der Waals surface area contributed by atoms with E-state index in [0.29, 0.717) is 29.1 Å². The lowest BCUT2D eigenvalue weighted by Gasteiger charge is -2.34. The van der Waals surface area contributed by atoms with Crippen LogP contribution in [-0.2, 0) is 6.42 Å². The molecule has 1 unspecified atom stereocenters. The summed E-state index contributed by atoms with van der Waals surface area (Å²) in [5.41, 5.74) is 12.8. The summed E-state index contributed by atoms with van der Waals surface area (Å²) in [5.74, 6) is 1.88. The molecule has 1 aromatic carbocycles. The average molecular weight is 597 g/mol. The van der Waals surface area contributed by atoms with E-state index in [2.05, 4.69) is 43.1 Å². The SMILES string of the molecule is Nc1ncccc1-c1nc2ccc(-n3cccn3)nc2n1-c1ccc2c(c1)CCC2NC1CCN(C(=O)c2cccnc2)CC1. The van der Waals surface area contributed by atoms with Gasteiger partial charge in [-0.3, -0.25) is 14.3 Å². The molecule has 0 spiro atoms. The van der Waals surface area contributed by atoms with E-state index >= 15 is 0 Å². The number of likely N-dealkylation sites (tertiary alicyclic amines) is 1. The van der Waals surface area contributed by atoms with Crippen molar-refractivity contribution in [3.63, 3.8) is 0 Å². The van der Waals surface area contributed by atoms with Gasteiger partial charge in [-0.2, -0.15) is 5.10 Å². The molecule has 1 aliphatic heterocycles. The maximum atomic E-state index is 12.9. The highest BCUT2D eigenvalue weighted by Gasteiger charge is 2.29. The molecule has 1 aliphatic carbocycles. The molecule has 6 heterocycles. The Balaban J connectivity index is 1.07. The topological polar surface area (TPSA) is 133 Å². The highest BCUT2D eigenvalue weighted by atomic mass is 16.2. The number of nitrogens with one attached hydrogen (secondary N) is 1. The summed E-state index contributed by atoms with van der Waals surface area (Å²) in [4.78, 5) is 33.2. The Hall–Kier alpha value is -5.42. The monoisotopic (exact) mass is 596 g/mol. The van der Waals surface area contributed by atoms with Crippen LogP contribution in [0.2, 0.25) is 0 Å². The molecule has 1 fully saturated rings. The second-order valence-corrected chi connectivity index (χ2v) is 11.6. The summed E-state index contributed by atoms with van der Waals surface area (Å²) in [5, 5.41) is 8.28. The molecular formula is C34H32N10O. The van der Waals surface area contributed by atoms with Crippen molar-refractivity contribution >= 4 is 22.9 Å². The Morgan fingerprint density at radius 2 is 1.82 bits per heavy atom. The number of rotatable bonds is 6. The van der Waals surface area contributed by atoms with Gasteiger partial charge in [0, 0.05) is 61.8 Å². The molecule has 11 nitrogen and oxygen atoms in total. The van der Waals surface area contributed by atoms with Crippen LogP contribution in [0.3, 0.4) is 0 Å². The molecule has 0 bridgehead atoms. The number of aromatic nitrogens is 7. The van der Waals surface area contributed by atoms with E-state index in [-0.39, 0.29) is 11.9 Å². The summed E-state index contributed by atoms with van der Waals surface area (Å²) in [6.45, 7) is 1.48. The van der Waals surface area contributed by atoms with E-state index < -0.39 is 0 Å². The third-order valence-electron chi connectivity index (χ3n) is 8.90. The van der Waals surface area contributed by atoms with Crippen LogP contribution in [0.25, 0.3) is 34.1 Å². The smallest absolute Gasteiger partial charge is 0.255 e. The third kappa shape index (κ3) is 5.00. The normalized spacial score (nSPS) is 16.7. The van der Waals surface area contributed by atoms with Gasteiger partial charge in [-0.05, 0) is 91.4 Å². The quantitative estimate of drug-likeness (QED) is 0.287. The summed E-state index contributed by atoms with van der Waals surface area (Å²) >= 11 is 0. The number of nitrogens with two attached hydrogens (primary N) is 1. The predicted molar refractivity (Wildman–Crippen MR) is 171 cm³/mol. The maximum absolute atomic E-state index is 12.9. The van der Waals surface area contributed by atoms with Crippen molar-refractivity contribution in [2.45, 2.75) is 37.8 Å². The molecule has 0 radical (unpaired) electrons. The highest BCUT2D eigenvalue weighted by molar-refractivity contribution is 5.94. The van der Waals surface area contributed by atoms with E-state index in [0.717, 1.165) is 61.2 Å². The molecule has 11 heteroatoms. The predicted octanol–water partition coefficient (Wildman–Crippen LogP) is 4.53. The van der Waals surface area contributed by atoms with Crippen LogP contribution >= 0.6 is 0 Å². The molecule has 5 aromatic heterocycles. The number of nitrogen functional groups attached to an aromatic ring is 1. The van der Waals surface area contributed by atoms with Gasteiger partial charge in [0.05, 0.1) is 11.1 Å². The lowest BCUT2D eigenvalue weighted by atomic mass is 10.0. The standard InChI is InChI=1S/C34H32N10O/c35-31-27(5-2-15-37-31)32-40-29-10-11-30(43-17-3-16-38-43)41-33(29)44(32)25-7-8-26-22(20-25)6-9-28(26)39-24-12-18-42(19-13-24)34(45)23-4-1-14-36-21-23/h1-5,7-8,10-11,14-17,20-21,24,28,39H,6,9,12-13,18-19H2,(H2,35,37). The second-order valence-electron chi connectivity index (χ2n) is 11.6. The number of pyridine rings is 3. The van der Waals surface area contributed by atoms with Crippen molar-refractivity contribution in [3.05, 3.63) is 108 Å². The van der Waals surface area contributed by atoms with Crippen LogP contribution in [0.5, 0.6) is 0 Å². The number of carbonyl (C=O) groups is 1. The van der Waals surface area contributed by atoms with Crippen LogP contribution in [0.4, 0.5) is 5.82 Å². The van der Waals surface area contributed by atoms with Crippen molar-refractivity contribution in [2.75, 3.05) is 18.8 Å². The molecule has 1 saturated heterocycles. The van der Waals surface area contributed by atoms with E-state index in [1.54, 1.807) is 29.5 Å². The van der Waals surface area contributed by atoms with Crippen LogP contribution in [-0.4, -0.2) is 64.2 Å². The Labute approximate surface area is 259 Å². The Kier molecular flexibility index (Phi) is 6.79. The zero-order chi connectivity index (χ0) is 30.3. The van der Waals surface area contributed by atoms with Gasteiger partial charge in [-0.1, -0.05) is 6.07 Å². The van der Waals surface area contributed by atoms with Crippen molar-refractivity contribution in [3.8, 4) is 22.9 Å². The lowest BCUT2D eigenvalue weighted by molar-refractivity contribution is 0.0701. The third-order valence-corrected chi connectivity index (χ3v) is 8.90. The minimum absolute atomic E-state index is 0.0611. The molecule has 1 atom stereocenters. The second kappa shape index (κ2) is 11.3. The number of aryl methyl sites for hydroxylation is 1. The molecule has 45 heavy (non-hydrogen) atoms.